The second kappa shape index (κ2) is 6.59. The zero-order valence-corrected chi connectivity index (χ0v) is 10.3. The van der Waals surface area contributed by atoms with Crippen LogP contribution in [0.3, 0.4) is 0 Å². The molecule has 98 valence electrons. The number of carboxylic acids is 1. The van der Waals surface area contributed by atoms with Crippen molar-refractivity contribution in [3.8, 4) is 0 Å². The Bertz CT molecular complexity index is 272. The largest absolute Gasteiger partial charge is 0.480 e. The van der Waals surface area contributed by atoms with Crippen molar-refractivity contribution in [3.63, 3.8) is 0 Å². The van der Waals surface area contributed by atoms with Gasteiger partial charge in [-0.25, -0.2) is 0 Å². The molecule has 2 N–H and O–H groups in total. The van der Waals surface area contributed by atoms with Crippen molar-refractivity contribution in [2.75, 3.05) is 19.8 Å². The van der Waals surface area contributed by atoms with E-state index in [-0.39, 0.29) is 12.5 Å². The van der Waals surface area contributed by atoms with Gasteiger partial charge in [-0.1, -0.05) is 12.8 Å². The van der Waals surface area contributed by atoms with E-state index in [1.807, 2.05) is 6.92 Å². The van der Waals surface area contributed by atoms with Gasteiger partial charge in [0.05, 0.1) is 5.41 Å². The van der Waals surface area contributed by atoms with Crippen molar-refractivity contribution >= 4 is 11.9 Å². The first kappa shape index (κ1) is 14.0. The highest BCUT2D eigenvalue weighted by molar-refractivity contribution is 5.86. The highest BCUT2D eigenvalue weighted by Gasteiger charge is 2.40. The number of rotatable bonds is 7. The van der Waals surface area contributed by atoms with Gasteiger partial charge in [-0.3, -0.25) is 9.59 Å². The van der Waals surface area contributed by atoms with Crippen LogP contribution in [0.5, 0.6) is 0 Å². The van der Waals surface area contributed by atoms with Gasteiger partial charge in [-0.2, -0.15) is 0 Å². The summed E-state index contributed by atoms with van der Waals surface area (Å²) < 4.78 is 5.30. The van der Waals surface area contributed by atoms with Crippen LogP contribution in [-0.2, 0) is 14.3 Å². The monoisotopic (exact) mass is 243 g/mol. The molecule has 1 amide bonds. The molecule has 0 spiro atoms. The predicted molar refractivity (Wildman–Crippen MR) is 62.7 cm³/mol. The zero-order valence-electron chi connectivity index (χ0n) is 10.3. The predicted octanol–water partition coefficient (Wildman–Crippen LogP) is 1.17. The lowest BCUT2D eigenvalue weighted by Crippen LogP contribution is -2.42. The molecule has 0 aliphatic heterocycles. The van der Waals surface area contributed by atoms with Crippen LogP contribution in [0.15, 0.2) is 0 Å². The standard InChI is InChI=1S/C12H21NO4/c1-2-17-8-7-12(5-3-4-6-12)11(16)13-9-10(14)15/h2-9H2,1H3,(H,13,16)(H,14,15). The molecule has 0 saturated heterocycles. The molecule has 0 heterocycles. The van der Waals surface area contributed by atoms with Crippen LogP contribution < -0.4 is 5.32 Å². The van der Waals surface area contributed by atoms with Crippen LogP contribution in [0.4, 0.5) is 0 Å². The molecule has 1 saturated carbocycles. The Morgan fingerprint density at radius 2 is 2.00 bits per heavy atom. The maximum Gasteiger partial charge on any atom is 0.322 e. The van der Waals surface area contributed by atoms with Crippen molar-refractivity contribution in [3.05, 3.63) is 0 Å². The molecule has 1 rings (SSSR count). The third-order valence-electron chi connectivity index (χ3n) is 3.37. The van der Waals surface area contributed by atoms with Gasteiger partial charge in [-0.15, -0.1) is 0 Å². The first-order valence-electron chi connectivity index (χ1n) is 6.18. The summed E-state index contributed by atoms with van der Waals surface area (Å²) in [6.45, 7) is 2.84. The Morgan fingerprint density at radius 1 is 1.35 bits per heavy atom. The van der Waals surface area contributed by atoms with Crippen LogP contribution >= 0.6 is 0 Å². The topological polar surface area (TPSA) is 75.6 Å². The summed E-state index contributed by atoms with van der Waals surface area (Å²) in [5.41, 5.74) is -0.398. The normalized spacial score (nSPS) is 17.9. The van der Waals surface area contributed by atoms with Gasteiger partial charge < -0.3 is 15.2 Å². The maximum absolute atomic E-state index is 12.0. The number of carbonyl (C=O) groups is 2. The minimum absolute atomic E-state index is 0.128. The first-order chi connectivity index (χ1) is 8.10. The van der Waals surface area contributed by atoms with E-state index in [0.717, 1.165) is 25.7 Å². The van der Waals surface area contributed by atoms with E-state index in [2.05, 4.69) is 5.32 Å². The summed E-state index contributed by atoms with van der Waals surface area (Å²) in [4.78, 5) is 22.5. The average Bonchev–Trinajstić information content (AvgIpc) is 2.76. The maximum atomic E-state index is 12.0. The van der Waals surface area contributed by atoms with E-state index < -0.39 is 11.4 Å². The third kappa shape index (κ3) is 4.00. The molecule has 0 aromatic carbocycles. The zero-order chi connectivity index (χ0) is 12.7. The summed E-state index contributed by atoms with van der Waals surface area (Å²) in [6.07, 6.45) is 4.43. The molecular weight excluding hydrogens is 222 g/mol. The lowest BCUT2D eigenvalue weighted by molar-refractivity contribution is -0.140. The average molecular weight is 243 g/mol. The number of carboxylic acid groups (broad SMARTS) is 1. The quantitative estimate of drug-likeness (QED) is 0.658. The molecular formula is C12H21NO4. The van der Waals surface area contributed by atoms with Crippen LogP contribution in [0.25, 0.3) is 0 Å². The fourth-order valence-electron chi connectivity index (χ4n) is 2.40. The van der Waals surface area contributed by atoms with E-state index in [1.54, 1.807) is 0 Å². The van der Waals surface area contributed by atoms with E-state index in [1.165, 1.54) is 0 Å². The lowest BCUT2D eigenvalue weighted by atomic mass is 9.82. The van der Waals surface area contributed by atoms with Crippen molar-refractivity contribution in [1.29, 1.82) is 0 Å². The number of amides is 1. The smallest absolute Gasteiger partial charge is 0.322 e. The van der Waals surface area contributed by atoms with Crippen LogP contribution in [0.1, 0.15) is 39.0 Å². The van der Waals surface area contributed by atoms with Crippen LogP contribution in [-0.4, -0.2) is 36.7 Å². The van der Waals surface area contributed by atoms with Crippen LogP contribution in [0, 0.1) is 5.41 Å². The fraction of sp³-hybridized carbons (Fsp3) is 0.833. The Kier molecular flexibility index (Phi) is 5.41. The molecule has 1 fully saturated rings. The third-order valence-corrected chi connectivity index (χ3v) is 3.37. The van der Waals surface area contributed by atoms with E-state index in [9.17, 15) is 9.59 Å². The van der Waals surface area contributed by atoms with Gasteiger partial charge in [-0.05, 0) is 26.2 Å². The number of hydrogen-bond acceptors (Lipinski definition) is 3. The molecule has 0 aromatic rings. The Balaban J connectivity index is 2.51. The Labute approximate surface area is 102 Å². The molecule has 5 heteroatoms. The molecule has 0 unspecified atom stereocenters. The second-order valence-electron chi connectivity index (χ2n) is 4.51. The van der Waals surface area contributed by atoms with Gasteiger partial charge >= 0.3 is 5.97 Å². The number of ether oxygens (including phenoxy) is 1. The van der Waals surface area contributed by atoms with E-state index >= 15 is 0 Å². The minimum Gasteiger partial charge on any atom is -0.480 e. The van der Waals surface area contributed by atoms with Gasteiger partial charge in [0, 0.05) is 13.2 Å². The van der Waals surface area contributed by atoms with Crippen LogP contribution in [0.2, 0.25) is 0 Å². The molecule has 0 radical (unpaired) electrons. The molecule has 0 atom stereocenters. The van der Waals surface area contributed by atoms with Gasteiger partial charge in [0.2, 0.25) is 5.91 Å². The first-order valence-corrected chi connectivity index (χ1v) is 6.18. The molecule has 0 aromatic heterocycles. The number of aliphatic carboxylic acids is 1. The summed E-state index contributed by atoms with van der Waals surface area (Å²) in [5.74, 6) is -1.13. The minimum atomic E-state index is -1.00. The molecule has 17 heavy (non-hydrogen) atoms. The SMILES string of the molecule is CCOCCC1(C(=O)NCC(=O)O)CCCC1. The molecule has 0 bridgehead atoms. The number of hydrogen-bond donors (Lipinski definition) is 2. The molecule has 5 nitrogen and oxygen atoms in total. The molecule has 1 aliphatic rings. The summed E-state index contributed by atoms with van der Waals surface area (Å²) in [7, 11) is 0. The van der Waals surface area contributed by atoms with Crippen molar-refractivity contribution in [1.82, 2.24) is 5.32 Å². The highest BCUT2D eigenvalue weighted by Crippen LogP contribution is 2.41. The van der Waals surface area contributed by atoms with Gasteiger partial charge in [0.15, 0.2) is 0 Å². The Hall–Kier alpha value is -1.10. The summed E-state index contributed by atoms with van der Waals surface area (Å²) >= 11 is 0. The lowest BCUT2D eigenvalue weighted by Gasteiger charge is -2.27. The second-order valence-corrected chi connectivity index (χ2v) is 4.51. The van der Waals surface area contributed by atoms with E-state index in [0.29, 0.717) is 19.6 Å². The summed E-state index contributed by atoms with van der Waals surface area (Å²) in [5, 5.41) is 11.1. The fourth-order valence-corrected chi connectivity index (χ4v) is 2.40. The van der Waals surface area contributed by atoms with Crippen molar-refractivity contribution < 1.29 is 19.4 Å². The molecule has 1 aliphatic carbocycles. The van der Waals surface area contributed by atoms with E-state index in [4.69, 9.17) is 9.84 Å². The van der Waals surface area contributed by atoms with Gasteiger partial charge in [0.25, 0.3) is 0 Å². The number of nitrogens with one attached hydrogen (secondary N) is 1. The number of carbonyl (C=O) groups excluding carboxylic acids is 1. The Morgan fingerprint density at radius 3 is 2.53 bits per heavy atom. The highest BCUT2D eigenvalue weighted by atomic mass is 16.5. The summed E-state index contributed by atoms with van der Waals surface area (Å²) in [6, 6.07) is 0. The van der Waals surface area contributed by atoms with Crippen molar-refractivity contribution in [2.24, 2.45) is 5.41 Å². The van der Waals surface area contributed by atoms with Gasteiger partial charge in [0.1, 0.15) is 6.54 Å². The van der Waals surface area contributed by atoms with Crippen molar-refractivity contribution in [2.45, 2.75) is 39.0 Å².